The summed E-state index contributed by atoms with van der Waals surface area (Å²) in [6.07, 6.45) is 7.60. The van der Waals surface area contributed by atoms with Crippen molar-refractivity contribution in [3.05, 3.63) is 28.7 Å². The van der Waals surface area contributed by atoms with E-state index in [2.05, 4.69) is 15.9 Å². The van der Waals surface area contributed by atoms with E-state index in [4.69, 9.17) is 0 Å². The topological polar surface area (TPSA) is 57.7 Å². The molecule has 1 unspecified atom stereocenters. The highest BCUT2D eigenvalue weighted by Crippen LogP contribution is 2.31. The zero-order chi connectivity index (χ0) is 19.4. The maximum absolute atomic E-state index is 13.2. The highest BCUT2D eigenvalue weighted by Gasteiger charge is 2.46. The van der Waals surface area contributed by atoms with Crippen LogP contribution in [0.1, 0.15) is 64.7 Å². The molecule has 0 spiro atoms. The molecule has 1 saturated carbocycles. The van der Waals surface area contributed by atoms with Crippen LogP contribution in [0.4, 0.5) is 5.69 Å². The van der Waals surface area contributed by atoms with Crippen LogP contribution in [0.3, 0.4) is 0 Å². The second kappa shape index (κ2) is 9.00. The monoisotopic (exact) mass is 434 g/mol. The number of halogens is 1. The summed E-state index contributed by atoms with van der Waals surface area (Å²) in [6, 6.07) is 6.54. The first-order valence-corrected chi connectivity index (χ1v) is 10.8. The molecule has 3 rings (SSSR count). The number of benzene rings is 1. The summed E-state index contributed by atoms with van der Waals surface area (Å²) in [5, 5.41) is 0. The summed E-state index contributed by atoms with van der Waals surface area (Å²) in [6.45, 7) is 1.97. The summed E-state index contributed by atoms with van der Waals surface area (Å²) in [7, 11) is 0. The maximum atomic E-state index is 13.2. The average molecular weight is 435 g/mol. The molecule has 2 aliphatic rings. The molecule has 1 aromatic rings. The fourth-order valence-electron chi connectivity index (χ4n) is 4.21. The van der Waals surface area contributed by atoms with E-state index in [0.717, 1.165) is 36.6 Å². The standard InChI is InChI=1S/C21H27BrN2O3/c1-2-7-19(25)23(16-8-5-3-4-6-9-16)18-14-20(26)24(21(18)27)17-12-10-15(22)11-13-17/h10-13,16,18H,2-9,14H2,1H3. The van der Waals surface area contributed by atoms with Crippen molar-refractivity contribution >= 4 is 39.3 Å². The van der Waals surface area contributed by atoms with Crippen molar-refractivity contribution in [1.82, 2.24) is 4.90 Å². The van der Waals surface area contributed by atoms with Crippen molar-refractivity contribution < 1.29 is 14.4 Å². The van der Waals surface area contributed by atoms with Crippen molar-refractivity contribution in [2.75, 3.05) is 4.90 Å². The fourth-order valence-corrected chi connectivity index (χ4v) is 4.47. The normalized spacial score (nSPS) is 21.4. The summed E-state index contributed by atoms with van der Waals surface area (Å²) in [5.41, 5.74) is 0.569. The Hall–Kier alpha value is -1.69. The molecule has 1 heterocycles. The third-order valence-electron chi connectivity index (χ3n) is 5.51. The van der Waals surface area contributed by atoms with Gasteiger partial charge in [-0.2, -0.15) is 0 Å². The van der Waals surface area contributed by atoms with E-state index in [9.17, 15) is 14.4 Å². The molecule has 2 fully saturated rings. The lowest BCUT2D eigenvalue weighted by molar-refractivity contribution is -0.141. The second-order valence-corrected chi connectivity index (χ2v) is 8.38. The van der Waals surface area contributed by atoms with Crippen molar-refractivity contribution in [3.63, 3.8) is 0 Å². The summed E-state index contributed by atoms with van der Waals surface area (Å²) in [4.78, 5) is 41.8. The molecular weight excluding hydrogens is 408 g/mol. The predicted octanol–water partition coefficient (Wildman–Crippen LogP) is 4.43. The number of anilines is 1. The van der Waals surface area contributed by atoms with Gasteiger partial charge in [0, 0.05) is 16.9 Å². The molecule has 1 aromatic carbocycles. The van der Waals surface area contributed by atoms with Crippen LogP contribution in [-0.2, 0) is 14.4 Å². The average Bonchev–Trinajstić information content (AvgIpc) is 2.82. The molecule has 146 valence electrons. The number of hydrogen-bond acceptors (Lipinski definition) is 3. The van der Waals surface area contributed by atoms with Crippen LogP contribution in [0.25, 0.3) is 0 Å². The van der Waals surface area contributed by atoms with Gasteiger partial charge in [-0.15, -0.1) is 0 Å². The summed E-state index contributed by atoms with van der Waals surface area (Å²) >= 11 is 3.37. The maximum Gasteiger partial charge on any atom is 0.257 e. The fraction of sp³-hybridized carbons (Fsp3) is 0.571. The number of carbonyl (C=O) groups excluding carboxylic acids is 3. The number of imide groups is 1. The van der Waals surface area contributed by atoms with Crippen molar-refractivity contribution in [2.45, 2.75) is 76.8 Å². The Morgan fingerprint density at radius 3 is 2.33 bits per heavy atom. The second-order valence-electron chi connectivity index (χ2n) is 7.46. The molecule has 1 saturated heterocycles. The number of amides is 3. The molecule has 6 heteroatoms. The van der Waals surface area contributed by atoms with Crippen LogP contribution in [0.5, 0.6) is 0 Å². The number of carbonyl (C=O) groups is 3. The molecule has 1 atom stereocenters. The van der Waals surface area contributed by atoms with Gasteiger partial charge < -0.3 is 4.90 Å². The van der Waals surface area contributed by atoms with Gasteiger partial charge >= 0.3 is 0 Å². The third-order valence-corrected chi connectivity index (χ3v) is 6.04. The van der Waals surface area contributed by atoms with Crippen LogP contribution in [0.2, 0.25) is 0 Å². The number of hydrogen-bond donors (Lipinski definition) is 0. The minimum Gasteiger partial charge on any atom is -0.327 e. The van der Waals surface area contributed by atoms with Gasteiger partial charge in [0.25, 0.3) is 5.91 Å². The molecule has 27 heavy (non-hydrogen) atoms. The van der Waals surface area contributed by atoms with Crippen LogP contribution >= 0.6 is 15.9 Å². The molecule has 0 aromatic heterocycles. The lowest BCUT2D eigenvalue weighted by Crippen LogP contribution is -2.50. The smallest absolute Gasteiger partial charge is 0.257 e. The molecule has 0 N–H and O–H groups in total. The van der Waals surface area contributed by atoms with E-state index >= 15 is 0 Å². The molecule has 1 aliphatic heterocycles. The predicted molar refractivity (Wildman–Crippen MR) is 108 cm³/mol. The largest absolute Gasteiger partial charge is 0.327 e. The highest BCUT2D eigenvalue weighted by molar-refractivity contribution is 9.10. The van der Waals surface area contributed by atoms with E-state index in [0.29, 0.717) is 12.1 Å². The molecule has 3 amide bonds. The lowest BCUT2D eigenvalue weighted by atomic mass is 10.0. The Labute approximate surface area is 169 Å². The van der Waals surface area contributed by atoms with Crippen LogP contribution < -0.4 is 4.90 Å². The van der Waals surface area contributed by atoms with Gasteiger partial charge in [-0.25, -0.2) is 4.90 Å². The first-order chi connectivity index (χ1) is 13.0. The van der Waals surface area contributed by atoms with Crippen molar-refractivity contribution in [2.24, 2.45) is 0 Å². The van der Waals surface area contributed by atoms with Crippen molar-refractivity contribution in [1.29, 1.82) is 0 Å². The molecule has 1 aliphatic carbocycles. The summed E-state index contributed by atoms with van der Waals surface area (Å²) in [5.74, 6) is -0.487. The number of rotatable bonds is 5. The Morgan fingerprint density at radius 2 is 1.74 bits per heavy atom. The minimum atomic E-state index is -0.664. The zero-order valence-corrected chi connectivity index (χ0v) is 17.4. The van der Waals surface area contributed by atoms with E-state index in [1.807, 2.05) is 19.1 Å². The van der Waals surface area contributed by atoms with Crippen molar-refractivity contribution in [3.8, 4) is 0 Å². The molecule has 0 bridgehead atoms. The zero-order valence-electron chi connectivity index (χ0n) is 15.8. The Morgan fingerprint density at radius 1 is 1.11 bits per heavy atom. The molecule has 0 radical (unpaired) electrons. The Kier molecular flexibility index (Phi) is 6.68. The first-order valence-electron chi connectivity index (χ1n) is 9.96. The molecule has 5 nitrogen and oxygen atoms in total. The summed E-state index contributed by atoms with van der Waals surface area (Å²) < 4.78 is 0.889. The number of nitrogens with zero attached hydrogens (tertiary/aromatic N) is 2. The third kappa shape index (κ3) is 4.42. The molecular formula is C21H27BrN2O3. The Balaban J connectivity index is 1.87. The highest BCUT2D eigenvalue weighted by atomic mass is 79.9. The van der Waals surface area contributed by atoms with Crippen LogP contribution in [0, 0.1) is 0 Å². The first kappa shape index (κ1) is 20.1. The van der Waals surface area contributed by atoms with E-state index < -0.39 is 6.04 Å². The van der Waals surface area contributed by atoms with Gasteiger partial charge in [0.15, 0.2) is 0 Å². The Bertz CT molecular complexity index is 696. The van der Waals surface area contributed by atoms with Gasteiger partial charge in [0.1, 0.15) is 6.04 Å². The minimum absolute atomic E-state index is 0.00760. The lowest BCUT2D eigenvalue weighted by Gasteiger charge is -2.35. The van der Waals surface area contributed by atoms with Gasteiger partial charge in [-0.1, -0.05) is 48.5 Å². The van der Waals surface area contributed by atoms with Crippen LogP contribution in [-0.4, -0.2) is 34.7 Å². The van der Waals surface area contributed by atoms with E-state index in [-0.39, 0.29) is 30.2 Å². The SMILES string of the molecule is CCCC(=O)N(C1CCCCCC1)C1CC(=O)N(c2ccc(Br)cc2)C1=O. The van der Waals surface area contributed by atoms with Gasteiger partial charge in [-0.05, 0) is 43.5 Å². The van der Waals surface area contributed by atoms with Gasteiger partial charge in [0.05, 0.1) is 12.1 Å². The quantitative estimate of drug-likeness (QED) is 0.508. The van der Waals surface area contributed by atoms with Gasteiger partial charge in [0.2, 0.25) is 11.8 Å². The van der Waals surface area contributed by atoms with E-state index in [1.165, 1.54) is 17.7 Å². The van der Waals surface area contributed by atoms with Gasteiger partial charge in [-0.3, -0.25) is 14.4 Å². The van der Waals surface area contributed by atoms with Crippen LogP contribution in [0.15, 0.2) is 28.7 Å². The van der Waals surface area contributed by atoms with E-state index in [1.54, 1.807) is 17.0 Å².